The largest absolute Gasteiger partial charge is 0.345 e. The van der Waals surface area contributed by atoms with Crippen molar-refractivity contribution in [1.82, 2.24) is 9.29 Å². The lowest BCUT2D eigenvalue weighted by Crippen LogP contribution is -2.48. The Morgan fingerprint density at radius 3 is 2.36 bits per heavy atom. The Hall–Kier alpha value is -1.45. The van der Waals surface area contributed by atoms with Crippen LogP contribution in [0.3, 0.4) is 0 Å². The Labute approximate surface area is 181 Å². The fourth-order valence-electron chi connectivity index (χ4n) is 3.08. The predicted octanol–water partition coefficient (Wildman–Crippen LogP) is 4.74. The number of hydrogen-bond acceptors (Lipinski definition) is 5. The molecule has 1 aromatic heterocycles. The molecule has 4 rings (SSSR count). The van der Waals surface area contributed by atoms with Gasteiger partial charge in [0.25, 0.3) is 0 Å². The monoisotopic (exact) mass is 497 g/mol. The summed E-state index contributed by atoms with van der Waals surface area (Å²) in [5.74, 6) is 0. The fourth-order valence-corrected chi connectivity index (χ4v) is 6.48. The number of sulfonamides is 1. The van der Waals surface area contributed by atoms with E-state index in [9.17, 15) is 8.42 Å². The van der Waals surface area contributed by atoms with Crippen LogP contribution in [0.4, 0.5) is 5.13 Å². The summed E-state index contributed by atoms with van der Waals surface area (Å²) < 4.78 is 28.0. The molecular formula is C19H17BrClN3O2S2. The average Bonchev–Trinajstić information content (AvgIpc) is 3.19. The summed E-state index contributed by atoms with van der Waals surface area (Å²) in [5, 5.41) is 3.62. The highest BCUT2D eigenvalue weighted by Crippen LogP contribution is 2.30. The molecule has 0 atom stereocenters. The number of thiazole rings is 1. The van der Waals surface area contributed by atoms with E-state index in [0.717, 1.165) is 16.4 Å². The third kappa shape index (κ3) is 3.97. The summed E-state index contributed by atoms with van der Waals surface area (Å²) in [6.07, 6.45) is 0. The first-order chi connectivity index (χ1) is 13.4. The number of halogens is 2. The van der Waals surface area contributed by atoms with Crippen molar-refractivity contribution in [3.8, 4) is 11.3 Å². The Morgan fingerprint density at radius 1 is 1.00 bits per heavy atom. The number of hydrogen-bond donors (Lipinski definition) is 0. The molecule has 0 N–H and O–H groups in total. The lowest BCUT2D eigenvalue weighted by molar-refractivity contribution is 0.384. The first-order valence-corrected chi connectivity index (χ1v) is 12.2. The van der Waals surface area contributed by atoms with Crippen LogP contribution in [0.5, 0.6) is 0 Å². The molecule has 146 valence electrons. The number of aromatic nitrogens is 1. The van der Waals surface area contributed by atoms with Crippen molar-refractivity contribution in [2.75, 3.05) is 31.1 Å². The van der Waals surface area contributed by atoms with Crippen LogP contribution in [0.25, 0.3) is 11.3 Å². The van der Waals surface area contributed by atoms with Crippen LogP contribution in [0.1, 0.15) is 0 Å². The standard InChI is InChI=1S/C19H17BrClN3O2S2/c20-16-3-1-2-4-18(16)28(25,26)24-11-9-23(10-12-24)19-22-17(13-27-19)14-5-7-15(21)8-6-14/h1-8,13H,9-12H2. The highest BCUT2D eigenvalue weighted by molar-refractivity contribution is 9.10. The highest BCUT2D eigenvalue weighted by atomic mass is 79.9. The lowest BCUT2D eigenvalue weighted by atomic mass is 10.2. The van der Waals surface area contributed by atoms with Crippen LogP contribution in [0.15, 0.2) is 63.3 Å². The van der Waals surface area contributed by atoms with Crippen molar-refractivity contribution in [2.45, 2.75) is 4.90 Å². The van der Waals surface area contributed by atoms with E-state index >= 15 is 0 Å². The van der Waals surface area contributed by atoms with Crippen molar-refractivity contribution in [1.29, 1.82) is 0 Å². The molecule has 1 saturated heterocycles. The molecule has 28 heavy (non-hydrogen) atoms. The minimum absolute atomic E-state index is 0.308. The summed E-state index contributed by atoms with van der Waals surface area (Å²) in [5.41, 5.74) is 1.92. The van der Waals surface area contributed by atoms with E-state index in [2.05, 4.69) is 20.8 Å². The van der Waals surface area contributed by atoms with E-state index < -0.39 is 10.0 Å². The topological polar surface area (TPSA) is 53.5 Å². The molecule has 0 unspecified atom stereocenters. The average molecular weight is 499 g/mol. The molecule has 3 aromatic rings. The summed E-state index contributed by atoms with van der Waals surface area (Å²) in [6.45, 7) is 2.08. The molecule has 2 aromatic carbocycles. The first-order valence-electron chi connectivity index (χ1n) is 8.66. The molecule has 1 fully saturated rings. The predicted molar refractivity (Wildman–Crippen MR) is 118 cm³/mol. The quantitative estimate of drug-likeness (QED) is 0.521. The van der Waals surface area contributed by atoms with Gasteiger partial charge in [-0.05, 0) is 40.2 Å². The zero-order valence-electron chi connectivity index (χ0n) is 14.8. The van der Waals surface area contributed by atoms with Gasteiger partial charge in [0.15, 0.2) is 5.13 Å². The van der Waals surface area contributed by atoms with Crippen LogP contribution in [0.2, 0.25) is 5.02 Å². The van der Waals surface area contributed by atoms with Crippen LogP contribution < -0.4 is 4.90 Å². The molecule has 0 bridgehead atoms. The second-order valence-electron chi connectivity index (χ2n) is 6.34. The Bertz CT molecular complexity index is 1080. The smallest absolute Gasteiger partial charge is 0.244 e. The first kappa shape index (κ1) is 19.8. The van der Waals surface area contributed by atoms with Crippen molar-refractivity contribution >= 4 is 54.0 Å². The molecule has 0 spiro atoms. The van der Waals surface area contributed by atoms with Gasteiger partial charge in [0.05, 0.1) is 10.6 Å². The SMILES string of the molecule is O=S(=O)(c1ccccc1Br)N1CCN(c2nc(-c3ccc(Cl)cc3)cs2)CC1. The van der Waals surface area contributed by atoms with Gasteiger partial charge in [-0.2, -0.15) is 4.31 Å². The number of piperazine rings is 1. The van der Waals surface area contributed by atoms with Crippen molar-refractivity contribution < 1.29 is 8.42 Å². The molecule has 1 aliphatic rings. The fraction of sp³-hybridized carbons (Fsp3) is 0.211. The van der Waals surface area contributed by atoms with Gasteiger partial charge < -0.3 is 4.90 Å². The van der Waals surface area contributed by atoms with Gasteiger partial charge in [-0.1, -0.05) is 35.9 Å². The maximum Gasteiger partial charge on any atom is 0.244 e. The van der Waals surface area contributed by atoms with Crippen molar-refractivity contribution in [2.24, 2.45) is 0 Å². The second-order valence-corrected chi connectivity index (χ2v) is 10.4. The maximum atomic E-state index is 12.9. The van der Waals surface area contributed by atoms with Crippen molar-refractivity contribution in [3.63, 3.8) is 0 Å². The molecule has 0 saturated carbocycles. The van der Waals surface area contributed by atoms with E-state index in [4.69, 9.17) is 16.6 Å². The van der Waals surface area contributed by atoms with Gasteiger partial charge in [-0.15, -0.1) is 11.3 Å². The van der Waals surface area contributed by atoms with E-state index in [1.165, 1.54) is 4.31 Å². The minimum atomic E-state index is -3.51. The minimum Gasteiger partial charge on any atom is -0.345 e. The van der Waals surface area contributed by atoms with E-state index in [0.29, 0.717) is 40.6 Å². The highest BCUT2D eigenvalue weighted by Gasteiger charge is 2.30. The van der Waals surface area contributed by atoms with Crippen LogP contribution in [0, 0.1) is 0 Å². The Kier molecular flexibility index (Phi) is 5.76. The number of nitrogens with zero attached hydrogens (tertiary/aromatic N) is 3. The summed E-state index contributed by atoms with van der Waals surface area (Å²) in [4.78, 5) is 7.16. The zero-order valence-corrected chi connectivity index (χ0v) is 18.7. The van der Waals surface area contributed by atoms with Gasteiger partial charge >= 0.3 is 0 Å². The zero-order chi connectivity index (χ0) is 19.7. The molecule has 5 nitrogen and oxygen atoms in total. The lowest BCUT2D eigenvalue weighted by Gasteiger charge is -2.33. The third-order valence-electron chi connectivity index (χ3n) is 4.60. The molecule has 0 radical (unpaired) electrons. The molecule has 2 heterocycles. The Balaban J connectivity index is 1.46. The molecule has 1 aliphatic heterocycles. The normalized spacial score (nSPS) is 15.7. The summed E-state index contributed by atoms with van der Waals surface area (Å²) in [6, 6.07) is 14.5. The van der Waals surface area contributed by atoms with Gasteiger partial charge in [0.1, 0.15) is 0 Å². The summed E-state index contributed by atoms with van der Waals surface area (Å²) >= 11 is 10.9. The van der Waals surface area contributed by atoms with E-state index in [1.54, 1.807) is 29.5 Å². The maximum absolute atomic E-state index is 12.9. The van der Waals surface area contributed by atoms with Gasteiger partial charge in [-0.25, -0.2) is 13.4 Å². The van der Waals surface area contributed by atoms with E-state index in [-0.39, 0.29) is 0 Å². The number of benzene rings is 2. The molecule has 9 heteroatoms. The number of anilines is 1. The van der Waals surface area contributed by atoms with Crippen LogP contribution >= 0.6 is 38.9 Å². The van der Waals surface area contributed by atoms with Gasteiger partial charge in [0, 0.05) is 46.6 Å². The molecule has 0 aliphatic carbocycles. The summed E-state index contributed by atoms with van der Waals surface area (Å²) in [7, 11) is -3.51. The molecular weight excluding hydrogens is 482 g/mol. The van der Waals surface area contributed by atoms with Gasteiger partial charge in [0.2, 0.25) is 10.0 Å². The van der Waals surface area contributed by atoms with Crippen LogP contribution in [-0.4, -0.2) is 43.9 Å². The van der Waals surface area contributed by atoms with Crippen molar-refractivity contribution in [3.05, 3.63) is 63.4 Å². The van der Waals surface area contributed by atoms with Crippen LogP contribution in [-0.2, 0) is 10.0 Å². The molecule has 0 amide bonds. The van der Waals surface area contributed by atoms with Gasteiger partial charge in [-0.3, -0.25) is 0 Å². The number of rotatable bonds is 4. The second kappa shape index (κ2) is 8.12. The third-order valence-corrected chi connectivity index (χ3v) is 8.66. The Morgan fingerprint density at radius 2 is 1.68 bits per heavy atom. The van der Waals surface area contributed by atoms with E-state index in [1.807, 2.05) is 35.7 Å².